The zero-order valence-corrected chi connectivity index (χ0v) is 12.6. The lowest BCUT2D eigenvalue weighted by atomic mass is 9.95. The Morgan fingerprint density at radius 1 is 1.38 bits per heavy atom. The molecule has 1 aromatic carbocycles. The number of aryl methyl sites for hydroxylation is 1. The van der Waals surface area contributed by atoms with Crippen LogP contribution in [0.5, 0.6) is 0 Å². The number of benzene rings is 1. The third kappa shape index (κ3) is 2.97. The standard InChI is InChI=1S/C17H24N2O2/c1-13(20)19-10-7-15(8-11-19)18-12-17(21)9-6-14-4-2-3-5-16(14)17/h2-5,15,18,21H,6-12H2,1H3. The highest BCUT2D eigenvalue weighted by Crippen LogP contribution is 2.36. The molecule has 1 aliphatic carbocycles. The summed E-state index contributed by atoms with van der Waals surface area (Å²) >= 11 is 0. The van der Waals surface area contributed by atoms with Gasteiger partial charge in [-0.2, -0.15) is 0 Å². The van der Waals surface area contributed by atoms with Crippen molar-refractivity contribution >= 4 is 5.91 Å². The Morgan fingerprint density at radius 2 is 2.10 bits per heavy atom. The molecule has 0 radical (unpaired) electrons. The van der Waals surface area contributed by atoms with Crippen LogP contribution in [0.2, 0.25) is 0 Å². The molecule has 1 unspecified atom stereocenters. The molecule has 1 aromatic rings. The van der Waals surface area contributed by atoms with Crippen molar-refractivity contribution in [1.82, 2.24) is 10.2 Å². The number of carbonyl (C=O) groups is 1. The number of hydrogen-bond donors (Lipinski definition) is 2. The van der Waals surface area contributed by atoms with Crippen LogP contribution in [0.25, 0.3) is 0 Å². The lowest BCUT2D eigenvalue weighted by molar-refractivity contribution is -0.129. The molecule has 0 saturated carbocycles. The minimum atomic E-state index is -0.728. The molecular weight excluding hydrogens is 264 g/mol. The molecule has 21 heavy (non-hydrogen) atoms. The van der Waals surface area contributed by atoms with Gasteiger partial charge < -0.3 is 15.3 Å². The summed E-state index contributed by atoms with van der Waals surface area (Å²) in [5, 5.41) is 14.4. The van der Waals surface area contributed by atoms with Gasteiger partial charge in [0.2, 0.25) is 5.91 Å². The largest absolute Gasteiger partial charge is 0.384 e. The second-order valence-corrected chi connectivity index (χ2v) is 6.35. The minimum absolute atomic E-state index is 0.164. The van der Waals surface area contributed by atoms with Crippen LogP contribution in [-0.2, 0) is 16.8 Å². The molecule has 2 N–H and O–H groups in total. The van der Waals surface area contributed by atoms with Gasteiger partial charge in [0.25, 0.3) is 0 Å². The van der Waals surface area contributed by atoms with E-state index in [4.69, 9.17) is 0 Å². The number of nitrogens with zero attached hydrogens (tertiary/aromatic N) is 1. The van der Waals surface area contributed by atoms with Crippen molar-refractivity contribution in [1.29, 1.82) is 0 Å². The minimum Gasteiger partial charge on any atom is -0.384 e. The third-order valence-corrected chi connectivity index (χ3v) is 4.95. The first kappa shape index (κ1) is 14.5. The predicted octanol–water partition coefficient (Wildman–Crippen LogP) is 1.42. The van der Waals surface area contributed by atoms with Crippen LogP contribution < -0.4 is 5.32 Å². The normalized spacial score (nSPS) is 25.9. The molecule has 1 atom stereocenters. The lowest BCUT2D eigenvalue weighted by Gasteiger charge is -2.34. The van der Waals surface area contributed by atoms with Crippen molar-refractivity contribution < 1.29 is 9.90 Å². The van der Waals surface area contributed by atoms with Crippen LogP contribution in [0.1, 0.15) is 37.3 Å². The maximum atomic E-state index is 11.3. The molecule has 0 spiro atoms. The number of hydrogen-bond acceptors (Lipinski definition) is 3. The molecular formula is C17H24N2O2. The molecule has 1 amide bonds. The van der Waals surface area contributed by atoms with Gasteiger partial charge in [-0.15, -0.1) is 0 Å². The van der Waals surface area contributed by atoms with Crippen LogP contribution in [0, 0.1) is 0 Å². The summed E-state index contributed by atoms with van der Waals surface area (Å²) in [6, 6.07) is 8.59. The first-order chi connectivity index (χ1) is 10.1. The summed E-state index contributed by atoms with van der Waals surface area (Å²) in [4.78, 5) is 13.2. The van der Waals surface area contributed by atoms with Crippen molar-refractivity contribution in [3.63, 3.8) is 0 Å². The van der Waals surface area contributed by atoms with Crippen LogP contribution in [0.4, 0.5) is 0 Å². The first-order valence-electron chi connectivity index (χ1n) is 7.88. The summed E-state index contributed by atoms with van der Waals surface area (Å²) in [5.74, 6) is 0.164. The summed E-state index contributed by atoms with van der Waals surface area (Å²) in [7, 11) is 0. The van der Waals surface area contributed by atoms with Gasteiger partial charge in [0.05, 0.1) is 0 Å². The van der Waals surface area contributed by atoms with Crippen LogP contribution in [0.3, 0.4) is 0 Å². The Bertz CT molecular complexity index is 523. The quantitative estimate of drug-likeness (QED) is 0.884. The highest BCUT2D eigenvalue weighted by atomic mass is 16.3. The summed E-state index contributed by atoms with van der Waals surface area (Å²) < 4.78 is 0. The average molecular weight is 288 g/mol. The fourth-order valence-corrected chi connectivity index (χ4v) is 3.56. The third-order valence-electron chi connectivity index (χ3n) is 4.95. The summed E-state index contributed by atoms with van der Waals surface area (Å²) in [5.41, 5.74) is 1.63. The zero-order chi connectivity index (χ0) is 14.9. The van der Waals surface area contributed by atoms with Gasteiger partial charge in [-0.1, -0.05) is 24.3 Å². The van der Waals surface area contributed by atoms with Crippen molar-refractivity contribution in [2.24, 2.45) is 0 Å². The Hall–Kier alpha value is -1.39. The maximum absolute atomic E-state index is 11.3. The monoisotopic (exact) mass is 288 g/mol. The number of likely N-dealkylation sites (tertiary alicyclic amines) is 1. The SMILES string of the molecule is CC(=O)N1CCC(NCC2(O)CCc3ccccc32)CC1. The van der Waals surface area contributed by atoms with Crippen molar-refractivity contribution in [2.75, 3.05) is 19.6 Å². The second kappa shape index (κ2) is 5.78. The van der Waals surface area contributed by atoms with Gasteiger partial charge >= 0.3 is 0 Å². The number of amides is 1. The van der Waals surface area contributed by atoms with E-state index in [1.807, 2.05) is 23.1 Å². The van der Waals surface area contributed by atoms with E-state index >= 15 is 0 Å². The zero-order valence-electron chi connectivity index (χ0n) is 12.6. The van der Waals surface area contributed by atoms with E-state index in [1.165, 1.54) is 5.56 Å². The van der Waals surface area contributed by atoms with E-state index in [0.717, 1.165) is 44.3 Å². The molecule has 0 bridgehead atoms. The van der Waals surface area contributed by atoms with E-state index in [0.29, 0.717) is 12.6 Å². The van der Waals surface area contributed by atoms with E-state index in [1.54, 1.807) is 6.92 Å². The summed E-state index contributed by atoms with van der Waals surface area (Å²) in [6.45, 7) is 3.88. The molecule has 4 nitrogen and oxygen atoms in total. The molecule has 1 heterocycles. The van der Waals surface area contributed by atoms with Crippen molar-refractivity contribution in [3.8, 4) is 0 Å². The fraction of sp³-hybridized carbons (Fsp3) is 0.588. The molecule has 0 aromatic heterocycles. The second-order valence-electron chi connectivity index (χ2n) is 6.35. The highest BCUT2D eigenvalue weighted by Gasteiger charge is 2.36. The smallest absolute Gasteiger partial charge is 0.219 e. The van der Waals surface area contributed by atoms with E-state index in [-0.39, 0.29) is 5.91 Å². The van der Waals surface area contributed by atoms with Crippen LogP contribution in [0.15, 0.2) is 24.3 Å². The maximum Gasteiger partial charge on any atom is 0.219 e. The van der Waals surface area contributed by atoms with Gasteiger partial charge in [0.15, 0.2) is 0 Å². The van der Waals surface area contributed by atoms with E-state index < -0.39 is 5.60 Å². The Balaban J connectivity index is 1.56. The van der Waals surface area contributed by atoms with E-state index in [2.05, 4.69) is 11.4 Å². The first-order valence-corrected chi connectivity index (χ1v) is 7.88. The highest BCUT2D eigenvalue weighted by molar-refractivity contribution is 5.73. The van der Waals surface area contributed by atoms with Gasteiger partial charge in [-0.05, 0) is 36.8 Å². The van der Waals surface area contributed by atoms with Gasteiger partial charge in [-0.3, -0.25) is 4.79 Å². The van der Waals surface area contributed by atoms with Crippen molar-refractivity contribution in [3.05, 3.63) is 35.4 Å². The Labute approximate surface area is 126 Å². The number of aliphatic hydroxyl groups is 1. The number of piperidine rings is 1. The Morgan fingerprint density at radius 3 is 2.81 bits per heavy atom. The number of carbonyl (C=O) groups excluding carboxylic acids is 1. The molecule has 2 aliphatic rings. The molecule has 4 heteroatoms. The molecule has 1 fully saturated rings. The van der Waals surface area contributed by atoms with Gasteiger partial charge in [-0.25, -0.2) is 0 Å². The Kier molecular flexibility index (Phi) is 4.00. The lowest BCUT2D eigenvalue weighted by Crippen LogP contribution is -2.47. The number of nitrogens with one attached hydrogen (secondary N) is 1. The van der Waals surface area contributed by atoms with Crippen molar-refractivity contribution in [2.45, 2.75) is 44.2 Å². The predicted molar refractivity (Wildman–Crippen MR) is 81.9 cm³/mol. The topological polar surface area (TPSA) is 52.6 Å². The fourth-order valence-electron chi connectivity index (χ4n) is 3.56. The van der Waals surface area contributed by atoms with Gasteiger partial charge in [0.1, 0.15) is 5.60 Å². The van der Waals surface area contributed by atoms with Crippen LogP contribution >= 0.6 is 0 Å². The number of rotatable bonds is 3. The van der Waals surface area contributed by atoms with Gasteiger partial charge in [0, 0.05) is 32.6 Å². The molecule has 1 aliphatic heterocycles. The van der Waals surface area contributed by atoms with E-state index in [9.17, 15) is 9.90 Å². The molecule has 114 valence electrons. The summed E-state index contributed by atoms with van der Waals surface area (Å²) in [6.07, 6.45) is 3.69. The molecule has 3 rings (SSSR count). The van der Waals surface area contributed by atoms with Crippen LogP contribution in [-0.4, -0.2) is 41.6 Å². The average Bonchev–Trinajstić information content (AvgIpc) is 2.84. The molecule has 1 saturated heterocycles. The number of fused-ring (bicyclic) bond motifs is 1.